The molecule has 6 heteroatoms. The first-order valence-electron chi connectivity index (χ1n) is 9.15. The van der Waals surface area contributed by atoms with Crippen molar-refractivity contribution >= 4 is 17.4 Å². The van der Waals surface area contributed by atoms with Crippen molar-refractivity contribution in [3.05, 3.63) is 77.0 Å². The molecule has 144 valence electrons. The molecule has 0 radical (unpaired) electrons. The summed E-state index contributed by atoms with van der Waals surface area (Å²) in [5, 5.41) is 14.3. The highest BCUT2D eigenvalue weighted by Gasteiger charge is 2.09. The lowest BCUT2D eigenvalue weighted by Gasteiger charge is -2.10. The van der Waals surface area contributed by atoms with E-state index in [9.17, 15) is 4.79 Å². The Bertz CT molecular complexity index is 938. The zero-order chi connectivity index (χ0) is 19.9. The number of carbonyl (C=O) groups is 1. The predicted molar refractivity (Wildman–Crippen MR) is 110 cm³/mol. The number of nitrogens with zero attached hydrogens (tertiary/aromatic N) is 2. The van der Waals surface area contributed by atoms with Crippen LogP contribution >= 0.6 is 0 Å². The van der Waals surface area contributed by atoms with Gasteiger partial charge in [0.05, 0.1) is 7.11 Å². The number of ether oxygens (including phenoxy) is 1. The summed E-state index contributed by atoms with van der Waals surface area (Å²) in [6, 6.07) is 17.3. The first-order chi connectivity index (χ1) is 13.6. The maximum Gasteiger partial charge on any atom is 0.271 e. The molecule has 0 atom stereocenters. The number of benzene rings is 2. The topological polar surface area (TPSA) is 76.1 Å². The van der Waals surface area contributed by atoms with Gasteiger partial charge in [-0.25, -0.2) is 0 Å². The Morgan fingerprint density at radius 2 is 1.79 bits per heavy atom. The molecular weight excluding hydrogens is 352 g/mol. The van der Waals surface area contributed by atoms with Crippen molar-refractivity contribution in [1.29, 1.82) is 0 Å². The molecule has 0 saturated heterocycles. The van der Waals surface area contributed by atoms with Gasteiger partial charge in [0.2, 0.25) is 0 Å². The van der Waals surface area contributed by atoms with E-state index < -0.39 is 0 Å². The molecule has 0 unspecified atom stereocenters. The van der Waals surface area contributed by atoms with E-state index in [1.54, 1.807) is 19.2 Å². The van der Waals surface area contributed by atoms with Gasteiger partial charge >= 0.3 is 0 Å². The van der Waals surface area contributed by atoms with Crippen LogP contribution in [0, 0.1) is 13.8 Å². The van der Waals surface area contributed by atoms with Crippen LogP contribution in [0.5, 0.6) is 5.75 Å². The van der Waals surface area contributed by atoms with Crippen LogP contribution in [0.4, 0.5) is 11.5 Å². The van der Waals surface area contributed by atoms with Gasteiger partial charge in [-0.3, -0.25) is 4.79 Å². The largest absolute Gasteiger partial charge is 0.497 e. The number of aryl methyl sites for hydroxylation is 1. The predicted octanol–water partition coefficient (Wildman–Crippen LogP) is 3.82. The molecule has 0 aliphatic carbocycles. The SMILES string of the molecule is COc1ccc(CCNC(=O)c2ccc(Nc3cccc(C)c3C)nn2)cc1. The summed E-state index contributed by atoms with van der Waals surface area (Å²) in [6.45, 7) is 4.64. The number of anilines is 2. The number of hydrogen-bond donors (Lipinski definition) is 2. The molecule has 0 bridgehead atoms. The van der Waals surface area contributed by atoms with Crippen molar-refractivity contribution in [2.75, 3.05) is 19.0 Å². The summed E-state index contributed by atoms with van der Waals surface area (Å²) < 4.78 is 5.14. The molecule has 0 aliphatic heterocycles. The van der Waals surface area contributed by atoms with Crippen LogP contribution < -0.4 is 15.4 Å². The monoisotopic (exact) mass is 376 g/mol. The van der Waals surface area contributed by atoms with Crippen molar-refractivity contribution < 1.29 is 9.53 Å². The molecule has 3 rings (SSSR count). The quantitative estimate of drug-likeness (QED) is 0.656. The number of methoxy groups -OCH3 is 1. The highest BCUT2D eigenvalue weighted by atomic mass is 16.5. The molecule has 0 spiro atoms. The summed E-state index contributed by atoms with van der Waals surface area (Å²) in [5.74, 6) is 1.18. The Morgan fingerprint density at radius 1 is 1.00 bits per heavy atom. The Hall–Kier alpha value is -3.41. The Balaban J connectivity index is 1.53. The van der Waals surface area contributed by atoms with Gasteiger partial charge in [0.25, 0.3) is 5.91 Å². The Kier molecular flexibility index (Phi) is 6.22. The third-order valence-electron chi connectivity index (χ3n) is 4.62. The van der Waals surface area contributed by atoms with Crippen molar-refractivity contribution in [2.24, 2.45) is 0 Å². The summed E-state index contributed by atoms with van der Waals surface area (Å²) in [7, 11) is 1.64. The van der Waals surface area contributed by atoms with Crippen molar-refractivity contribution in [2.45, 2.75) is 20.3 Å². The van der Waals surface area contributed by atoms with Crippen molar-refractivity contribution in [1.82, 2.24) is 15.5 Å². The third kappa shape index (κ3) is 4.85. The number of aromatic nitrogens is 2. The Morgan fingerprint density at radius 3 is 2.46 bits per heavy atom. The molecule has 2 N–H and O–H groups in total. The smallest absolute Gasteiger partial charge is 0.271 e. The third-order valence-corrected chi connectivity index (χ3v) is 4.62. The second-order valence-corrected chi connectivity index (χ2v) is 6.53. The van der Waals surface area contributed by atoms with Crippen molar-refractivity contribution in [3.8, 4) is 5.75 Å². The highest BCUT2D eigenvalue weighted by Crippen LogP contribution is 2.21. The van der Waals surface area contributed by atoms with Crippen molar-refractivity contribution in [3.63, 3.8) is 0 Å². The maximum atomic E-state index is 12.2. The first-order valence-corrected chi connectivity index (χ1v) is 9.15. The van der Waals surface area contributed by atoms with E-state index in [0.29, 0.717) is 18.1 Å². The number of carbonyl (C=O) groups excluding carboxylic acids is 1. The second kappa shape index (κ2) is 8.99. The minimum atomic E-state index is -0.237. The summed E-state index contributed by atoms with van der Waals surface area (Å²) >= 11 is 0. The number of nitrogens with one attached hydrogen (secondary N) is 2. The minimum absolute atomic E-state index is 0.237. The lowest BCUT2D eigenvalue weighted by molar-refractivity contribution is 0.0948. The van der Waals surface area contributed by atoms with Gasteiger partial charge in [-0.05, 0) is 67.3 Å². The summed E-state index contributed by atoms with van der Waals surface area (Å²) in [6.07, 6.45) is 0.732. The maximum absolute atomic E-state index is 12.2. The normalized spacial score (nSPS) is 10.4. The van der Waals surface area contributed by atoms with Gasteiger partial charge < -0.3 is 15.4 Å². The Labute approximate surface area is 165 Å². The van der Waals surface area contributed by atoms with Crippen LogP contribution in [-0.2, 0) is 6.42 Å². The minimum Gasteiger partial charge on any atom is -0.497 e. The molecular formula is C22H24N4O2. The van der Waals surface area contributed by atoms with E-state index in [2.05, 4.69) is 40.7 Å². The molecule has 6 nitrogen and oxygen atoms in total. The second-order valence-electron chi connectivity index (χ2n) is 6.53. The fraction of sp³-hybridized carbons (Fsp3) is 0.227. The zero-order valence-corrected chi connectivity index (χ0v) is 16.3. The molecule has 3 aromatic rings. The van der Waals surface area contributed by atoms with Gasteiger partial charge in [-0.15, -0.1) is 10.2 Å². The molecule has 28 heavy (non-hydrogen) atoms. The standard InChI is InChI=1S/C22H24N4O2/c1-15-5-4-6-19(16(15)2)24-21-12-11-20(25-26-21)22(27)23-14-13-17-7-9-18(28-3)10-8-17/h4-12H,13-14H2,1-3H3,(H,23,27)(H,24,26). The summed E-state index contributed by atoms with van der Waals surface area (Å²) in [5.41, 5.74) is 4.75. The van der Waals surface area contributed by atoms with Gasteiger partial charge in [-0.2, -0.15) is 0 Å². The van der Waals surface area contributed by atoms with E-state index >= 15 is 0 Å². The van der Waals surface area contributed by atoms with Crippen LogP contribution in [0.25, 0.3) is 0 Å². The fourth-order valence-electron chi connectivity index (χ4n) is 2.75. The van der Waals surface area contributed by atoms with Crippen LogP contribution in [0.2, 0.25) is 0 Å². The fourth-order valence-corrected chi connectivity index (χ4v) is 2.75. The van der Waals surface area contributed by atoms with Gasteiger partial charge in [0.1, 0.15) is 5.75 Å². The molecule has 1 heterocycles. The molecule has 2 aromatic carbocycles. The van der Waals surface area contributed by atoms with E-state index in [1.165, 1.54) is 5.56 Å². The zero-order valence-electron chi connectivity index (χ0n) is 16.3. The van der Waals surface area contributed by atoms with E-state index in [0.717, 1.165) is 29.0 Å². The van der Waals surface area contributed by atoms with Crippen LogP contribution in [0.3, 0.4) is 0 Å². The first kappa shape index (κ1) is 19.4. The van der Waals surface area contributed by atoms with E-state index in [-0.39, 0.29) is 5.91 Å². The molecule has 0 saturated carbocycles. The molecule has 0 fully saturated rings. The number of rotatable bonds is 7. The van der Waals surface area contributed by atoms with E-state index in [1.807, 2.05) is 36.4 Å². The molecule has 1 aromatic heterocycles. The summed E-state index contributed by atoms with van der Waals surface area (Å²) in [4.78, 5) is 12.2. The average molecular weight is 376 g/mol. The van der Waals surface area contributed by atoms with Gasteiger partial charge in [-0.1, -0.05) is 24.3 Å². The number of amides is 1. The van der Waals surface area contributed by atoms with Crippen LogP contribution in [0.15, 0.2) is 54.6 Å². The van der Waals surface area contributed by atoms with Crippen LogP contribution in [-0.4, -0.2) is 29.8 Å². The number of hydrogen-bond acceptors (Lipinski definition) is 5. The molecule has 1 amide bonds. The average Bonchev–Trinajstić information content (AvgIpc) is 2.72. The van der Waals surface area contributed by atoms with E-state index in [4.69, 9.17) is 4.74 Å². The van der Waals surface area contributed by atoms with Gasteiger partial charge in [0.15, 0.2) is 11.5 Å². The highest BCUT2D eigenvalue weighted by molar-refractivity contribution is 5.92. The van der Waals surface area contributed by atoms with Crippen LogP contribution in [0.1, 0.15) is 27.2 Å². The lowest BCUT2D eigenvalue weighted by Crippen LogP contribution is -2.26. The van der Waals surface area contributed by atoms with Gasteiger partial charge in [0, 0.05) is 12.2 Å². The lowest BCUT2D eigenvalue weighted by atomic mass is 10.1. The molecule has 0 aliphatic rings.